The van der Waals surface area contributed by atoms with E-state index >= 15 is 0 Å². The van der Waals surface area contributed by atoms with Crippen LogP contribution in [0.3, 0.4) is 0 Å². The third-order valence-electron chi connectivity index (χ3n) is 4.24. The van der Waals surface area contributed by atoms with Crippen LogP contribution in [0.1, 0.15) is 30.1 Å². The molecule has 0 spiro atoms. The molecule has 0 fully saturated rings. The molecule has 3 rings (SSSR count). The molecular formula is C21H20ClN3O4. The van der Waals surface area contributed by atoms with Crippen molar-refractivity contribution in [2.24, 2.45) is 0 Å². The predicted octanol–water partition coefficient (Wildman–Crippen LogP) is 3.65. The van der Waals surface area contributed by atoms with E-state index in [1.165, 1.54) is 17.0 Å². The number of rotatable bonds is 7. The first-order valence-electron chi connectivity index (χ1n) is 9.19. The van der Waals surface area contributed by atoms with Crippen LogP contribution in [-0.4, -0.2) is 28.0 Å². The monoisotopic (exact) mass is 413 g/mol. The van der Waals surface area contributed by atoms with E-state index in [-0.39, 0.29) is 12.1 Å². The number of amides is 1. The second-order valence-corrected chi connectivity index (χ2v) is 6.89. The molecular weight excluding hydrogens is 394 g/mol. The zero-order chi connectivity index (χ0) is 20.8. The highest BCUT2D eigenvalue weighted by Gasteiger charge is 2.10. The summed E-state index contributed by atoms with van der Waals surface area (Å²) in [5.41, 5.74) is 1.08. The van der Waals surface area contributed by atoms with Gasteiger partial charge in [-0.05, 0) is 48.9 Å². The van der Waals surface area contributed by atoms with Crippen LogP contribution in [0.15, 0.2) is 53.6 Å². The molecule has 1 aromatic heterocycles. The maximum Gasteiger partial charge on any atom is 0.338 e. The van der Waals surface area contributed by atoms with Crippen molar-refractivity contribution >= 4 is 40.1 Å². The molecule has 1 N–H and O–H groups in total. The largest absolute Gasteiger partial charge is 0.462 e. The number of carbonyl (C=O) groups is 2. The lowest BCUT2D eigenvalue weighted by atomic mass is 10.2. The maximum absolute atomic E-state index is 12.5. The molecule has 0 aliphatic heterocycles. The van der Waals surface area contributed by atoms with Crippen LogP contribution in [-0.2, 0) is 16.1 Å². The molecule has 1 heterocycles. The quantitative estimate of drug-likeness (QED) is 0.471. The summed E-state index contributed by atoms with van der Waals surface area (Å²) in [7, 11) is 0. The Balaban J connectivity index is 1.65. The lowest BCUT2D eigenvalue weighted by molar-refractivity contribution is -0.116. The summed E-state index contributed by atoms with van der Waals surface area (Å²) in [6.45, 7) is 2.20. The van der Waals surface area contributed by atoms with Crippen molar-refractivity contribution in [3.8, 4) is 0 Å². The Labute approximate surface area is 172 Å². The summed E-state index contributed by atoms with van der Waals surface area (Å²) in [5.74, 6) is -0.794. The average Bonchev–Trinajstić information content (AvgIpc) is 2.71. The molecule has 150 valence electrons. The van der Waals surface area contributed by atoms with E-state index in [4.69, 9.17) is 16.3 Å². The van der Waals surface area contributed by atoms with Gasteiger partial charge in [0.25, 0.3) is 5.56 Å². The molecule has 0 saturated heterocycles. The number of nitrogens with one attached hydrogen (secondary N) is 1. The summed E-state index contributed by atoms with van der Waals surface area (Å²) in [5, 5.41) is 3.46. The molecule has 0 radical (unpaired) electrons. The van der Waals surface area contributed by atoms with Crippen LogP contribution in [0.5, 0.6) is 0 Å². The number of anilines is 1. The lowest BCUT2D eigenvalue weighted by Gasteiger charge is -2.09. The molecule has 0 saturated carbocycles. The standard InChI is InChI=1S/C21H20ClN3O4/c1-2-3-10-29-21(28)14-4-7-16(8-5-14)24-19(26)12-25-13-23-18-9-6-15(22)11-17(18)20(25)27/h4-9,11,13H,2-3,10,12H2,1H3,(H,24,26). The van der Waals surface area contributed by atoms with Gasteiger partial charge in [-0.25, -0.2) is 9.78 Å². The number of hydrogen-bond acceptors (Lipinski definition) is 5. The SMILES string of the molecule is CCCCOC(=O)c1ccc(NC(=O)Cn2cnc3ccc(Cl)cc3c2=O)cc1. The first-order chi connectivity index (χ1) is 14.0. The summed E-state index contributed by atoms with van der Waals surface area (Å²) >= 11 is 5.94. The third-order valence-corrected chi connectivity index (χ3v) is 4.47. The summed E-state index contributed by atoms with van der Waals surface area (Å²) in [4.78, 5) is 40.9. The van der Waals surface area contributed by atoms with E-state index < -0.39 is 11.9 Å². The van der Waals surface area contributed by atoms with Crippen molar-refractivity contribution in [1.29, 1.82) is 0 Å². The predicted molar refractivity (Wildman–Crippen MR) is 111 cm³/mol. The van der Waals surface area contributed by atoms with E-state index in [9.17, 15) is 14.4 Å². The molecule has 8 heteroatoms. The average molecular weight is 414 g/mol. The molecule has 7 nitrogen and oxygen atoms in total. The summed E-state index contributed by atoms with van der Waals surface area (Å²) < 4.78 is 6.36. The number of aromatic nitrogens is 2. The van der Waals surface area contributed by atoms with Crippen molar-refractivity contribution in [2.75, 3.05) is 11.9 Å². The van der Waals surface area contributed by atoms with E-state index in [1.807, 2.05) is 6.92 Å². The number of benzene rings is 2. The second-order valence-electron chi connectivity index (χ2n) is 6.45. The number of carbonyl (C=O) groups excluding carboxylic acids is 2. The second kappa shape index (κ2) is 9.34. The van der Waals surface area contributed by atoms with Gasteiger partial charge in [0.05, 0.1) is 29.4 Å². The zero-order valence-corrected chi connectivity index (χ0v) is 16.6. The first-order valence-corrected chi connectivity index (χ1v) is 9.57. The van der Waals surface area contributed by atoms with Crippen molar-refractivity contribution in [3.05, 3.63) is 69.7 Å². The Kier molecular flexibility index (Phi) is 6.61. The number of unbranched alkanes of at least 4 members (excludes halogenated alkanes) is 1. The Morgan fingerprint density at radius 3 is 2.66 bits per heavy atom. The smallest absolute Gasteiger partial charge is 0.338 e. The van der Waals surface area contributed by atoms with Gasteiger partial charge in [-0.2, -0.15) is 0 Å². The topological polar surface area (TPSA) is 90.3 Å². The molecule has 0 aliphatic carbocycles. The van der Waals surface area contributed by atoms with Crippen LogP contribution >= 0.6 is 11.6 Å². The highest BCUT2D eigenvalue weighted by molar-refractivity contribution is 6.31. The first kappa shape index (κ1) is 20.5. The van der Waals surface area contributed by atoms with Crippen molar-refractivity contribution in [1.82, 2.24) is 9.55 Å². The van der Waals surface area contributed by atoms with Crippen molar-refractivity contribution in [2.45, 2.75) is 26.3 Å². The fourth-order valence-electron chi connectivity index (χ4n) is 2.68. The lowest BCUT2D eigenvalue weighted by Crippen LogP contribution is -2.27. The summed E-state index contributed by atoms with van der Waals surface area (Å²) in [6, 6.07) is 11.2. The van der Waals surface area contributed by atoms with Gasteiger partial charge in [0.2, 0.25) is 5.91 Å². The van der Waals surface area contributed by atoms with Gasteiger partial charge in [-0.1, -0.05) is 24.9 Å². The van der Waals surface area contributed by atoms with Gasteiger partial charge >= 0.3 is 5.97 Å². The zero-order valence-electron chi connectivity index (χ0n) is 15.9. The molecule has 2 aromatic carbocycles. The van der Waals surface area contributed by atoms with Crippen LogP contribution in [0.25, 0.3) is 10.9 Å². The third kappa shape index (κ3) is 5.20. The van der Waals surface area contributed by atoms with Crippen LogP contribution in [0.4, 0.5) is 5.69 Å². The van der Waals surface area contributed by atoms with Gasteiger partial charge in [-0.15, -0.1) is 0 Å². The van der Waals surface area contributed by atoms with E-state index in [2.05, 4.69) is 10.3 Å². The number of esters is 1. The Morgan fingerprint density at radius 1 is 1.17 bits per heavy atom. The van der Waals surface area contributed by atoms with Gasteiger partial charge in [-0.3, -0.25) is 14.2 Å². The maximum atomic E-state index is 12.5. The highest BCUT2D eigenvalue weighted by atomic mass is 35.5. The molecule has 0 aliphatic rings. The number of ether oxygens (including phenoxy) is 1. The molecule has 0 bridgehead atoms. The normalized spacial score (nSPS) is 10.7. The van der Waals surface area contributed by atoms with Gasteiger partial charge in [0, 0.05) is 10.7 Å². The van der Waals surface area contributed by atoms with Crippen molar-refractivity contribution < 1.29 is 14.3 Å². The molecule has 0 unspecified atom stereocenters. The number of nitrogens with zero attached hydrogens (tertiary/aromatic N) is 2. The Bertz CT molecular complexity index is 1090. The number of hydrogen-bond donors (Lipinski definition) is 1. The van der Waals surface area contributed by atoms with Crippen molar-refractivity contribution in [3.63, 3.8) is 0 Å². The molecule has 1 amide bonds. The minimum Gasteiger partial charge on any atom is -0.462 e. The Morgan fingerprint density at radius 2 is 1.93 bits per heavy atom. The number of fused-ring (bicyclic) bond motifs is 1. The van der Waals surface area contributed by atoms with Crippen LogP contribution in [0.2, 0.25) is 5.02 Å². The fraction of sp³-hybridized carbons (Fsp3) is 0.238. The molecule has 29 heavy (non-hydrogen) atoms. The number of halogens is 1. The fourth-order valence-corrected chi connectivity index (χ4v) is 2.85. The minimum atomic E-state index is -0.399. The van der Waals surface area contributed by atoms with Crippen LogP contribution < -0.4 is 10.9 Å². The summed E-state index contributed by atoms with van der Waals surface area (Å²) in [6.07, 6.45) is 3.09. The highest BCUT2D eigenvalue weighted by Crippen LogP contribution is 2.14. The van der Waals surface area contributed by atoms with Gasteiger partial charge in [0.15, 0.2) is 0 Å². The molecule has 0 atom stereocenters. The van der Waals surface area contributed by atoms with E-state index in [1.54, 1.807) is 36.4 Å². The minimum absolute atomic E-state index is 0.199. The van der Waals surface area contributed by atoms with Gasteiger partial charge < -0.3 is 10.1 Å². The van der Waals surface area contributed by atoms with E-state index in [0.29, 0.717) is 33.8 Å². The Hall–Kier alpha value is -3.19. The van der Waals surface area contributed by atoms with Crippen LogP contribution in [0, 0.1) is 0 Å². The van der Waals surface area contributed by atoms with E-state index in [0.717, 1.165) is 12.8 Å². The van der Waals surface area contributed by atoms with Gasteiger partial charge in [0.1, 0.15) is 6.54 Å². The molecule has 3 aromatic rings.